The average Bonchev–Trinajstić information content (AvgIpc) is 2.78. The first-order valence-corrected chi connectivity index (χ1v) is 9.82. The number of esters is 1. The number of nitrogens with one attached hydrogen (secondary N) is 1. The molecule has 9 heteroatoms. The molecule has 1 aromatic heterocycles. The van der Waals surface area contributed by atoms with E-state index in [0.717, 1.165) is 12.8 Å². The van der Waals surface area contributed by atoms with Crippen LogP contribution in [0.25, 0.3) is 0 Å². The summed E-state index contributed by atoms with van der Waals surface area (Å²) >= 11 is 0. The van der Waals surface area contributed by atoms with Crippen LogP contribution in [0.4, 0.5) is 11.5 Å². The summed E-state index contributed by atoms with van der Waals surface area (Å²) in [4.78, 5) is 41.2. The van der Waals surface area contributed by atoms with E-state index in [1.165, 1.54) is 6.07 Å². The smallest absolute Gasteiger partial charge is 0.328 e. The summed E-state index contributed by atoms with van der Waals surface area (Å²) in [5, 5.41) is 13.8. The van der Waals surface area contributed by atoms with Crippen molar-refractivity contribution < 1.29 is 19.2 Å². The lowest BCUT2D eigenvalue weighted by atomic mass is 9.97. The van der Waals surface area contributed by atoms with Gasteiger partial charge in [0.15, 0.2) is 0 Å². The monoisotopic (exact) mass is 412 g/mol. The van der Waals surface area contributed by atoms with Gasteiger partial charge in [0.1, 0.15) is 6.04 Å². The summed E-state index contributed by atoms with van der Waals surface area (Å²) in [6, 6.07) is 10.9. The predicted octanol–water partition coefficient (Wildman–Crippen LogP) is 2.57. The minimum atomic E-state index is -0.756. The van der Waals surface area contributed by atoms with E-state index in [2.05, 4.69) is 10.3 Å². The van der Waals surface area contributed by atoms with Gasteiger partial charge in [-0.1, -0.05) is 18.2 Å². The molecule has 1 aromatic carbocycles. The van der Waals surface area contributed by atoms with Crippen molar-refractivity contribution in [3.8, 4) is 0 Å². The van der Waals surface area contributed by atoms with Crippen LogP contribution < -0.4 is 10.2 Å². The van der Waals surface area contributed by atoms with Crippen molar-refractivity contribution in [1.82, 2.24) is 10.3 Å². The van der Waals surface area contributed by atoms with E-state index in [0.29, 0.717) is 24.5 Å². The van der Waals surface area contributed by atoms with Gasteiger partial charge in [-0.15, -0.1) is 0 Å². The SMILES string of the molecule is CC(NC(=O)c1ccccc1)C(=O)OCC1CCN(c2ncccc2[N+](=O)[O-])CC1. The number of pyridine rings is 1. The number of amides is 1. The van der Waals surface area contributed by atoms with Crippen molar-refractivity contribution in [2.45, 2.75) is 25.8 Å². The van der Waals surface area contributed by atoms with Crippen molar-refractivity contribution >= 4 is 23.4 Å². The largest absolute Gasteiger partial charge is 0.464 e. The van der Waals surface area contributed by atoms with Crippen LogP contribution in [0.3, 0.4) is 0 Å². The number of carbonyl (C=O) groups excluding carboxylic acids is 2. The number of ether oxygens (including phenoxy) is 1. The van der Waals surface area contributed by atoms with Gasteiger partial charge in [-0.2, -0.15) is 0 Å². The Bertz CT molecular complexity index is 897. The van der Waals surface area contributed by atoms with Gasteiger partial charge in [-0.05, 0) is 43.9 Å². The molecule has 2 heterocycles. The van der Waals surface area contributed by atoms with Crippen LogP contribution in [-0.2, 0) is 9.53 Å². The van der Waals surface area contributed by atoms with E-state index >= 15 is 0 Å². The number of anilines is 1. The molecule has 0 saturated carbocycles. The number of hydrogen-bond acceptors (Lipinski definition) is 7. The maximum absolute atomic E-state index is 12.2. The molecule has 3 rings (SSSR count). The molecular formula is C21H24N4O5. The predicted molar refractivity (Wildman–Crippen MR) is 110 cm³/mol. The molecular weight excluding hydrogens is 388 g/mol. The maximum atomic E-state index is 12.2. The molecule has 1 aliphatic heterocycles. The highest BCUT2D eigenvalue weighted by Crippen LogP contribution is 2.29. The Balaban J connectivity index is 1.45. The Morgan fingerprint density at radius 2 is 1.93 bits per heavy atom. The maximum Gasteiger partial charge on any atom is 0.328 e. The summed E-state index contributed by atoms with van der Waals surface area (Å²) in [6.45, 7) is 3.04. The first kappa shape index (κ1) is 21.2. The van der Waals surface area contributed by atoms with E-state index in [-0.39, 0.29) is 24.1 Å². The van der Waals surface area contributed by atoms with E-state index in [1.807, 2.05) is 11.0 Å². The van der Waals surface area contributed by atoms with Gasteiger partial charge in [0, 0.05) is 30.9 Å². The van der Waals surface area contributed by atoms with Crippen molar-refractivity contribution in [3.05, 3.63) is 64.3 Å². The lowest BCUT2D eigenvalue weighted by molar-refractivity contribution is -0.384. The molecule has 1 aliphatic rings. The molecule has 1 amide bonds. The summed E-state index contributed by atoms with van der Waals surface area (Å²) < 4.78 is 5.39. The molecule has 0 spiro atoms. The third-order valence-electron chi connectivity index (χ3n) is 5.08. The second-order valence-corrected chi connectivity index (χ2v) is 7.22. The second-order valence-electron chi connectivity index (χ2n) is 7.22. The molecule has 1 saturated heterocycles. The number of rotatable bonds is 7. The number of hydrogen-bond donors (Lipinski definition) is 1. The van der Waals surface area contributed by atoms with Crippen LogP contribution in [0.1, 0.15) is 30.1 Å². The summed E-state index contributed by atoms with van der Waals surface area (Å²) in [7, 11) is 0. The van der Waals surface area contributed by atoms with Gasteiger partial charge >= 0.3 is 11.7 Å². The van der Waals surface area contributed by atoms with Gasteiger partial charge in [0.2, 0.25) is 5.82 Å². The molecule has 1 unspecified atom stereocenters. The number of aromatic nitrogens is 1. The van der Waals surface area contributed by atoms with Gasteiger partial charge < -0.3 is 15.0 Å². The number of nitrogens with zero attached hydrogens (tertiary/aromatic N) is 3. The second kappa shape index (κ2) is 9.82. The van der Waals surface area contributed by atoms with E-state index in [9.17, 15) is 19.7 Å². The molecule has 0 bridgehead atoms. The summed E-state index contributed by atoms with van der Waals surface area (Å²) in [5.41, 5.74) is 0.471. The Kier molecular flexibility index (Phi) is 6.95. The highest BCUT2D eigenvalue weighted by molar-refractivity contribution is 5.96. The van der Waals surface area contributed by atoms with Crippen LogP contribution in [0, 0.1) is 16.0 Å². The van der Waals surface area contributed by atoms with Gasteiger partial charge in [-0.25, -0.2) is 9.78 Å². The zero-order valence-electron chi connectivity index (χ0n) is 16.7. The molecule has 9 nitrogen and oxygen atoms in total. The third kappa shape index (κ3) is 5.31. The fourth-order valence-electron chi connectivity index (χ4n) is 3.34. The summed E-state index contributed by atoms with van der Waals surface area (Å²) in [5.74, 6) is -0.285. The Labute approximate surface area is 174 Å². The first-order valence-electron chi connectivity index (χ1n) is 9.82. The minimum Gasteiger partial charge on any atom is -0.464 e. The number of piperidine rings is 1. The quantitative estimate of drug-likeness (QED) is 0.422. The van der Waals surface area contributed by atoms with Gasteiger partial charge in [0.25, 0.3) is 5.91 Å². The zero-order valence-corrected chi connectivity index (χ0v) is 16.7. The molecule has 0 aliphatic carbocycles. The van der Waals surface area contributed by atoms with Gasteiger partial charge in [0.05, 0.1) is 11.5 Å². The number of carbonyl (C=O) groups is 2. The molecule has 1 fully saturated rings. The molecule has 1 atom stereocenters. The average molecular weight is 412 g/mol. The topological polar surface area (TPSA) is 115 Å². The highest BCUT2D eigenvalue weighted by atomic mass is 16.6. The van der Waals surface area contributed by atoms with Crippen molar-refractivity contribution in [2.24, 2.45) is 5.92 Å². The van der Waals surface area contributed by atoms with E-state index < -0.39 is 16.9 Å². The molecule has 2 aromatic rings. The normalized spacial score (nSPS) is 15.3. The standard InChI is InChI=1S/C21H24N4O5/c1-15(23-20(26)17-6-3-2-4-7-17)21(27)30-14-16-9-12-24(13-10-16)19-18(25(28)29)8-5-11-22-19/h2-8,11,15-16H,9-10,12-14H2,1H3,(H,23,26). The van der Waals surface area contributed by atoms with E-state index in [1.54, 1.807) is 43.5 Å². The zero-order chi connectivity index (χ0) is 21.5. The highest BCUT2D eigenvalue weighted by Gasteiger charge is 2.27. The van der Waals surface area contributed by atoms with Crippen molar-refractivity contribution in [1.29, 1.82) is 0 Å². The lowest BCUT2D eigenvalue weighted by Crippen LogP contribution is -2.41. The fourth-order valence-corrected chi connectivity index (χ4v) is 3.34. The lowest BCUT2D eigenvalue weighted by Gasteiger charge is -2.32. The molecule has 30 heavy (non-hydrogen) atoms. The molecule has 158 valence electrons. The fraction of sp³-hybridized carbons (Fsp3) is 0.381. The van der Waals surface area contributed by atoms with E-state index in [4.69, 9.17) is 4.74 Å². The van der Waals surface area contributed by atoms with Crippen LogP contribution >= 0.6 is 0 Å². The molecule has 0 radical (unpaired) electrons. The van der Waals surface area contributed by atoms with Crippen LogP contribution in [0.5, 0.6) is 0 Å². The van der Waals surface area contributed by atoms with Crippen molar-refractivity contribution in [3.63, 3.8) is 0 Å². The Hall–Kier alpha value is -3.49. The third-order valence-corrected chi connectivity index (χ3v) is 5.08. The Morgan fingerprint density at radius 3 is 2.60 bits per heavy atom. The Morgan fingerprint density at radius 1 is 1.23 bits per heavy atom. The van der Waals surface area contributed by atoms with Crippen LogP contribution in [-0.4, -0.2) is 47.5 Å². The first-order chi connectivity index (χ1) is 14.5. The van der Waals surface area contributed by atoms with Crippen molar-refractivity contribution in [2.75, 3.05) is 24.6 Å². The number of benzene rings is 1. The van der Waals surface area contributed by atoms with Crippen LogP contribution in [0.15, 0.2) is 48.7 Å². The number of nitro groups is 1. The van der Waals surface area contributed by atoms with Crippen LogP contribution in [0.2, 0.25) is 0 Å². The van der Waals surface area contributed by atoms with Gasteiger partial charge in [-0.3, -0.25) is 14.9 Å². The minimum absolute atomic E-state index is 0.00893. The molecule has 1 N–H and O–H groups in total. The summed E-state index contributed by atoms with van der Waals surface area (Å²) in [6.07, 6.45) is 3.00.